The van der Waals surface area contributed by atoms with E-state index in [-0.39, 0.29) is 42.0 Å². The number of hydrogen-bond donors (Lipinski definition) is 1. The van der Waals surface area contributed by atoms with Crippen LogP contribution in [0.5, 0.6) is 0 Å². The molecule has 0 aromatic carbocycles. The summed E-state index contributed by atoms with van der Waals surface area (Å²) in [7, 11) is 3.50. The second-order valence-electron chi connectivity index (χ2n) is 7.54. The summed E-state index contributed by atoms with van der Waals surface area (Å²) in [6.45, 7) is 2.47. The van der Waals surface area contributed by atoms with E-state index in [1.54, 1.807) is 37.3 Å². The van der Waals surface area contributed by atoms with Crippen LogP contribution in [0.1, 0.15) is 19.3 Å². The predicted octanol–water partition coefficient (Wildman–Crippen LogP) is -0.325. The van der Waals surface area contributed by atoms with E-state index in [0.29, 0.717) is 19.6 Å². The average molecular weight is 376 g/mol. The molecule has 1 aromatic heterocycles. The first-order valence-corrected chi connectivity index (χ1v) is 9.43. The van der Waals surface area contributed by atoms with Gasteiger partial charge in [-0.3, -0.25) is 19.3 Å². The summed E-state index contributed by atoms with van der Waals surface area (Å²) in [4.78, 5) is 39.7. The number of pyridine rings is 1. The van der Waals surface area contributed by atoms with Crippen LogP contribution in [0.4, 0.5) is 0 Å². The van der Waals surface area contributed by atoms with Gasteiger partial charge in [-0.15, -0.1) is 0 Å². The molecule has 27 heavy (non-hydrogen) atoms. The first-order valence-electron chi connectivity index (χ1n) is 9.43. The van der Waals surface area contributed by atoms with E-state index in [2.05, 4.69) is 10.2 Å². The Hall–Kier alpha value is -2.19. The second-order valence-corrected chi connectivity index (χ2v) is 7.54. The largest absolute Gasteiger partial charge is 0.375 e. The van der Waals surface area contributed by atoms with Crippen LogP contribution in [0.25, 0.3) is 0 Å². The van der Waals surface area contributed by atoms with E-state index in [9.17, 15) is 14.4 Å². The Bertz CT molecular complexity index is 732. The molecule has 0 bridgehead atoms. The number of morpholine rings is 1. The van der Waals surface area contributed by atoms with E-state index in [1.807, 2.05) is 0 Å². The fourth-order valence-corrected chi connectivity index (χ4v) is 3.72. The summed E-state index contributed by atoms with van der Waals surface area (Å²) < 4.78 is 7.38. The summed E-state index contributed by atoms with van der Waals surface area (Å²) in [5, 5.41) is 3.07. The quantitative estimate of drug-likeness (QED) is 0.735. The molecule has 1 N–H and O–H groups in total. The van der Waals surface area contributed by atoms with Crippen LogP contribution in [0, 0.1) is 0 Å². The molecule has 3 rings (SSSR count). The Morgan fingerprint density at radius 1 is 1.30 bits per heavy atom. The zero-order valence-corrected chi connectivity index (χ0v) is 16.0. The van der Waals surface area contributed by atoms with Crippen LogP contribution in [-0.4, -0.2) is 78.2 Å². The van der Waals surface area contributed by atoms with Gasteiger partial charge in [-0.05, 0) is 12.5 Å². The van der Waals surface area contributed by atoms with E-state index in [1.165, 1.54) is 10.6 Å². The van der Waals surface area contributed by atoms with E-state index < -0.39 is 0 Å². The lowest BCUT2D eigenvalue weighted by atomic mass is 10.1. The molecule has 2 saturated heterocycles. The van der Waals surface area contributed by atoms with Gasteiger partial charge >= 0.3 is 0 Å². The molecular weight excluding hydrogens is 348 g/mol. The summed E-state index contributed by atoms with van der Waals surface area (Å²) in [5.41, 5.74) is -0.0984. The van der Waals surface area contributed by atoms with Crippen molar-refractivity contribution < 1.29 is 14.3 Å². The van der Waals surface area contributed by atoms with Crippen molar-refractivity contribution in [2.24, 2.45) is 0 Å². The Morgan fingerprint density at radius 3 is 2.85 bits per heavy atom. The standard InChI is InChI=1S/C19H28N4O4/c1-21(2)19(26)10-16-12-23-11-14(9-15(23)13-27-16)20-17(24)6-8-22-7-4-3-5-18(22)25/h3-5,7,14-16H,6,8-13H2,1-2H3,(H,20,24)/t14-,15-,16-/m0/s1. The molecule has 2 aliphatic heterocycles. The van der Waals surface area contributed by atoms with E-state index in [0.717, 1.165) is 19.5 Å². The van der Waals surface area contributed by atoms with Crippen molar-refractivity contribution in [3.05, 3.63) is 34.7 Å². The second kappa shape index (κ2) is 8.67. The smallest absolute Gasteiger partial charge is 0.250 e. The minimum absolute atomic E-state index is 0.0455. The van der Waals surface area contributed by atoms with E-state index in [4.69, 9.17) is 4.74 Å². The highest BCUT2D eigenvalue weighted by atomic mass is 16.5. The van der Waals surface area contributed by atoms with Gasteiger partial charge < -0.3 is 19.5 Å². The molecular formula is C19H28N4O4. The molecule has 0 radical (unpaired) electrons. The van der Waals surface area contributed by atoms with Crippen molar-refractivity contribution in [3.8, 4) is 0 Å². The van der Waals surface area contributed by atoms with Crippen LogP contribution in [0.2, 0.25) is 0 Å². The van der Waals surface area contributed by atoms with Gasteiger partial charge in [-0.25, -0.2) is 0 Å². The lowest BCUT2D eigenvalue weighted by molar-refractivity contribution is -0.134. The molecule has 1 aromatic rings. The minimum Gasteiger partial charge on any atom is -0.375 e. The highest BCUT2D eigenvalue weighted by Crippen LogP contribution is 2.24. The van der Waals surface area contributed by atoms with Gasteiger partial charge in [0.1, 0.15) is 0 Å². The minimum atomic E-state index is -0.0984. The van der Waals surface area contributed by atoms with Gasteiger partial charge in [0, 0.05) is 64.5 Å². The van der Waals surface area contributed by atoms with Crippen molar-refractivity contribution in [1.82, 2.24) is 19.7 Å². The van der Waals surface area contributed by atoms with Crippen LogP contribution in [-0.2, 0) is 20.9 Å². The number of aryl methyl sites for hydroxylation is 1. The van der Waals surface area contributed by atoms with Gasteiger partial charge in [-0.2, -0.15) is 0 Å². The number of carbonyl (C=O) groups excluding carboxylic acids is 2. The normalized spacial score (nSPS) is 25.0. The van der Waals surface area contributed by atoms with Crippen molar-refractivity contribution in [1.29, 1.82) is 0 Å². The third-order valence-electron chi connectivity index (χ3n) is 5.24. The lowest BCUT2D eigenvalue weighted by Gasteiger charge is -2.35. The van der Waals surface area contributed by atoms with Crippen molar-refractivity contribution in [2.45, 2.75) is 44.0 Å². The number of rotatable bonds is 6. The summed E-state index contributed by atoms with van der Waals surface area (Å²) >= 11 is 0. The SMILES string of the molecule is CN(C)C(=O)C[C@H]1CN2C[C@@H](NC(=O)CCn3ccccc3=O)C[C@H]2CO1. The van der Waals surface area contributed by atoms with Crippen molar-refractivity contribution in [2.75, 3.05) is 33.8 Å². The molecule has 2 aliphatic rings. The lowest BCUT2D eigenvalue weighted by Crippen LogP contribution is -2.47. The summed E-state index contributed by atoms with van der Waals surface area (Å²) in [6.07, 6.45) is 3.12. The molecule has 0 saturated carbocycles. The fourth-order valence-electron chi connectivity index (χ4n) is 3.72. The number of hydrogen-bond acceptors (Lipinski definition) is 5. The monoisotopic (exact) mass is 376 g/mol. The molecule has 0 spiro atoms. The maximum atomic E-state index is 12.2. The number of ether oxygens (including phenoxy) is 1. The molecule has 148 valence electrons. The topological polar surface area (TPSA) is 83.9 Å². The first kappa shape index (κ1) is 19.6. The highest BCUT2D eigenvalue weighted by molar-refractivity contribution is 5.76. The zero-order valence-electron chi connectivity index (χ0n) is 16.0. The Kier molecular flexibility index (Phi) is 6.28. The Morgan fingerprint density at radius 2 is 2.11 bits per heavy atom. The summed E-state index contributed by atoms with van der Waals surface area (Å²) in [6, 6.07) is 5.34. The molecule has 8 nitrogen and oxygen atoms in total. The fraction of sp³-hybridized carbons (Fsp3) is 0.632. The third kappa shape index (κ3) is 5.17. The van der Waals surface area contributed by atoms with Gasteiger partial charge in [0.2, 0.25) is 11.8 Å². The molecule has 3 heterocycles. The number of aromatic nitrogens is 1. The highest BCUT2D eigenvalue weighted by Gasteiger charge is 2.38. The number of nitrogens with zero attached hydrogens (tertiary/aromatic N) is 3. The van der Waals surface area contributed by atoms with Gasteiger partial charge in [-0.1, -0.05) is 6.07 Å². The molecule has 0 unspecified atom stereocenters. The van der Waals surface area contributed by atoms with Crippen molar-refractivity contribution in [3.63, 3.8) is 0 Å². The Labute approximate surface area is 159 Å². The van der Waals surface area contributed by atoms with Crippen molar-refractivity contribution >= 4 is 11.8 Å². The maximum Gasteiger partial charge on any atom is 0.250 e. The number of nitrogens with one attached hydrogen (secondary N) is 1. The number of amides is 2. The van der Waals surface area contributed by atoms with Gasteiger partial charge in [0.25, 0.3) is 5.56 Å². The van der Waals surface area contributed by atoms with Gasteiger partial charge in [0.05, 0.1) is 19.1 Å². The van der Waals surface area contributed by atoms with Gasteiger partial charge in [0.15, 0.2) is 0 Å². The molecule has 2 fully saturated rings. The average Bonchev–Trinajstić information content (AvgIpc) is 3.02. The van der Waals surface area contributed by atoms with Crippen LogP contribution in [0.15, 0.2) is 29.2 Å². The number of fused-ring (bicyclic) bond motifs is 1. The zero-order chi connectivity index (χ0) is 19.4. The van der Waals surface area contributed by atoms with E-state index >= 15 is 0 Å². The van der Waals surface area contributed by atoms with Crippen LogP contribution in [0.3, 0.4) is 0 Å². The molecule has 2 amide bonds. The predicted molar refractivity (Wildman–Crippen MR) is 100 cm³/mol. The third-order valence-corrected chi connectivity index (χ3v) is 5.24. The maximum absolute atomic E-state index is 12.2. The molecule has 8 heteroatoms. The first-order chi connectivity index (χ1) is 12.9. The Balaban J connectivity index is 1.44. The summed E-state index contributed by atoms with van der Waals surface area (Å²) in [5.74, 6) is 0.0227. The van der Waals surface area contributed by atoms with Crippen LogP contribution >= 0.6 is 0 Å². The number of carbonyl (C=O) groups is 2. The van der Waals surface area contributed by atoms with Crippen LogP contribution < -0.4 is 10.9 Å². The molecule has 3 atom stereocenters. The molecule has 0 aliphatic carbocycles.